The van der Waals surface area contributed by atoms with Gasteiger partial charge in [0.15, 0.2) is 0 Å². The van der Waals surface area contributed by atoms with E-state index in [1.165, 1.54) is 11.8 Å². The Morgan fingerprint density at radius 1 is 0.906 bits per heavy atom. The number of hydrogen-bond donors (Lipinski definition) is 1. The fourth-order valence-corrected chi connectivity index (χ4v) is 3.63. The first kappa shape index (κ1) is 21.1. The predicted octanol–water partition coefficient (Wildman–Crippen LogP) is 4.38. The van der Waals surface area contributed by atoms with Gasteiger partial charge in [-0.25, -0.2) is 0 Å². The fraction of sp³-hybridized carbons (Fsp3) is 0.115. The van der Waals surface area contributed by atoms with Gasteiger partial charge < -0.3 is 10.1 Å². The highest BCUT2D eigenvalue weighted by atomic mass is 16.5. The van der Waals surface area contributed by atoms with E-state index in [4.69, 9.17) is 4.74 Å². The van der Waals surface area contributed by atoms with E-state index in [0.29, 0.717) is 28.1 Å². The van der Waals surface area contributed by atoms with Crippen LogP contribution in [0.4, 0.5) is 5.69 Å². The van der Waals surface area contributed by atoms with Crippen molar-refractivity contribution < 1.29 is 19.1 Å². The molecule has 3 amide bonds. The Balaban J connectivity index is 1.70. The lowest BCUT2D eigenvalue weighted by Crippen LogP contribution is -2.41. The molecule has 0 bridgehead atoms. The van der Waals surface area contributed by atoms with E-state index < -0.39 is 0 Å². The predicted molar refractivity (Wildman–Crippen MR) is 123 cm³/mol. The number of anilines is 1. The summed E-state index contributed by atoms with van der Waals surface area (Å²) >= 11 is 0. The van der Waals surface area contributed by atoms with Crippen molar-refractivity contribution in [2.45, 2.75) is 13.5 Å². The summed E-state index contributed by atoms with van der Waals surface area (Å²) < 4.78 is 5.18. The second-order valence-electron chi connectivity index (χ2n) is 7.45. The van der Waals surface area contributed by atoms with Crippen LogP contribution in [0.3, 0.4) is 0 Å². The smallest absolute Gasteiger partial charge is 0.261 e. The summed E-state index contributed by atoms with van der Waals surface area (Å²) in [5, 5.41) is 2.72. The molecule has 0 saturated heterocycles. The number of nitrogens with zero attached hydrogens (tertiary/aromatic N) is 1. The highest BCUT2D eigenvalue weighted by Gasteiger charge is 2.34. The van der Waals surface area contributed by atoms with Crippen LogP contribution in [0.5, 0.6) is 5.75 Å². The van der Waals surface area contributed by atoms with Crippen molar-refractivity contribution in [3.05, 3.63) is 95.1 Å². The summed E-state index contributed by atoms with van der Waals surface area (Å²) in [5.74, 6) is -0.117. The van der Waals surface area contributed by atoms with E-state index in [2.05, 4.69) is 5.32 Å². The molecule has 6 heteroatoms. The molecule has 0 saturated carbocycles. The van der Waals surface area contributed by atoms with Crippen LogP contribution in [-0.4, -0.2) is 29.7 Å². The van der Waals surface area contributed by atoms with E-state index in [-0.39, 0.29) is 24.3 Å². The summed E-state index contributed by atoms with van der Waals surface area (Å²) in [5.41, 5.74) is 3.83. The molecule has 0 aromatic heterocycles. The van der Waals surface area contributed by atoms with Crippen LogP contribution in [0, 0.1) is 0 Å². The third-order valence-corrected chi connectivity index (χ3v) is 5.21. The summed E-state index contributed by atoms with van der Waals surface area (Å²) in [4.78, 5) is 39.0. The van der Waals surface area contributed by atoms with E-state index in [9.17, 15) is 14.4 Å². The molecule has 0 aliphatic carbocycles. The molecule has 1 heterocycles. The molecule has 0 unspecified atom stereocenters. The molecule has 6 nitrogen and oxygen atoms in total. The van der Waals surface area contributed by atoms with Crippen LogP contribution in [0.2, 0.25) is 0 Å². The third-order valence-electron chi connectivity index (χ3n) is 5.21. The van der Waals surface area contributed by atoms with Crippen LogP contribution < -0.4 is 10.1 Å². The Morgan fingerprint density at radius 2 is 1.56 bits per heavy atom. The number of imide groups is 1. The highest BCUT2D eigenvalue weighted by molar-refractivity contribution is 6.33. The van der Waals surface area contributed by atoms with Crippen LogP contribution >= 0.6 is 0 Å². The number of amides is 3. The lowest BCUT2D eigenvalue weighted by molar-refractivity contribution is -0.123. The zero-order valence-corrected chi connectivity index (χ0v) is 17.8. The summed E-state index contributed by atoms with van der Waals surface area (Å²) in [6, 6.07) is 21.6. The molecular formula is C26H22N2O4. The van der Waals surface area contributed by atoms with Gasteiger partial charge in [0.05, 0.1) is 13.7 Å². The zero-order chi connectivity index (χ0) is 22.7. The van der Waals surface area contributed by atoms with Gasteiger partial charge in [0.2, 0.25) is 5.91 Å². The molecule has 32 heavy (non-hydrogen) atoms. The fourth-order valence-electron chi connectivity index (χ4n) is 3.63. The highest BCUT2D eigenvalue weighted by Crippen LogP contribution is 2.31. The van der Waals surface area contributed by atoms with E-state index in [0.717, 1.165) is 11.1 Å². The number of ether oxygens (including phenoxy) is 1. The molecule has 0 radical (unpaired) electrons. The number of carbonyl (C=O) groups excluding carboxylic acids is 3. The van der Waals surface area contributed by atoms with E-state index >= 15 is 0 Å². The number of carbonyl (C=O) groups is 3. The summed E-state index contributed by atoms with van der Waals surface area (Å²) in [6.45, 7) is 1.61. The average Bonchev–Trinajstić information content (AvgIpc) is 2.80. The number of fused-ring (bicyclic) bond motifs is 1. The monoisotopic (exact) mass is 426 g/mol. The van der Waals surface area contributed by atoms with Gasteiger partial charge in [-0.05, 0) is 53.1 Å². The zero-order valence-electron chi connectivity index (χ0n) is 17.8. The molecule has 1 aliphatic heterocycles. The maximum Gasteiger partial charge on any atom is 0.261 e. The van der Waals surface area contributed by atoms with Gasteiger partial charge in [0.1, 0.15) is 5.75 Å². The minimum Gasteiger partial charge on any atom is -0.497 e. The normalized spacial score (nSPS) is 14.3. The van der Waals surface area contributed by atoms with Gasteiger partial charge in [-0.15, -0.1) is 0 Å². The van der Waals surface area contributed by atoms with Crippen molar-refractivity contribution in [1.29, 1.82) is 0 Å². The first-order valence-electron chi connectivity index (χ1n) is 10.1. The van der Waals surface area contributed by atoms with E-state index in [1.54, 1.807) is 55.7 Å². The van der Waals surface area contributed by atoms with Gasteiger partial charge in [-0.3, -0.25) is 19.3 Å². The van der Waals surface area contributed by atoms with Crippen molar-refractivity contribution in [3.8, 4) is 5.75 Å². The second-order valence-corrected chi connectivity index (χ2v) is 7.45. The molecule has 4 rings (SSSR count). The molecule has 0 atom stereocenters. The molecule has 1 N–H and O–H groups in total. The third kappa shape index (κ3) is 4.30. The minimum atomic E-state index is -0.351. The standard InChI is InChI=1S/C26H22N2O4/c1-17(29)27-20-11-7-18(8-12-20)15-24-22-5-3-4-6-23(22)25(30)28(26(24)31)16-19-9-13-21(32-2)14-10-19/h3-15H,16H2,1-2H3,(H,27,29). The molecule has 160 valence electrons. The SMILES string of the molecule is COc1ccc(CN2C(=O)C(=Cc3ccc(NC(C)=O)cc3)c3ccccc3C2=O)cc1. The van der Waals surface area contributed by atoms with Crippen molar-refractivity contribution in [2.24, 2.45) is 0 Å². The van der Waals surface area contributed by atoms with Crippen molar-refractivity contribution >= 4 is 35.1 Å². The number of methoxy groups -OCH3 is 1. The van der Waals surface area contributed by atoms with Crippen LogP contribution in [0.15, 0.2) is 72.8 Å². The molecular weight excluding hydrogens is 404 g/mol. The largest absolute Gasteiger partial charge is 0.497 e. The van der Waals surface area contributed by atoms with Gasteiger partial charge >= 0.3 is 0 Å². The Morgan fingerprint density at radius 3 is 2.19 bits per heavy atom. The summed E-state index contributed by atoms with van der Waals surface area (Å²) in [7, 11) is 1.59. The lowest BCUT2D eigenvalue weighted by atomic mass is 9.91. The van der Waals surface area contributed by atoms with Crippen molar-refractivity contribution in [1.82, 2.24) is 4.90 Å². The Labute approximate surface area is 186 Å². The lowest BCUT2D eigenvalue weighted by Gasteiger charge is -2.29. The topological polar surface area (TPSA) is 75.7 Å². The van der Waals surface area contributed by atoms with Gasteiger partial charge in [-0.1, -0.05) is 42.5 Å². The van der Waals surface area contributed by atoms with Gasteiger partial charge in [-0.2, -0.15) is 0 Å². The Bertz CT molecular complexity index is 1210. The average molecular weight is 426 g/mol. The van der Waals surface area contributed by atoms with Crippen molar-refractivity contribution in [2.75, 3.05) is 12.4 Å². The number of nitrogens with one attached hydrogen (secondary N) is 1. The Hall–Kier alpha value is -4.19. The van der Waals surface area contributed by atoms with Gasteiger partial charge in [0.25, 0.3) is 11.8 Å². The molecule has 0 fully saturated rings. The first-order chi connectivity index (χ1) is 15.5. The molecule has 1 aliphatic rings. The van der Waals surface area contributed by atoms with Crippen LogP contribution in [-0.2, 0) is 16.1 Å². The maximum atomic E-state index is 13.4. The molecule has 0 spiro atoms. The van der Waals surface area contributed by atoms with Crippen molar-refractivity contribution in [3.63, 3.8) is 0 Å². The quantitative estimate of drug-likeness (QED) is 0.485. The number of hydrogen-bond acceptors (Lipinski definition) is 4. The Kier molecular flexibility index (Phi) is 5.85. The summed E-state index contributed by atoms with van der Waals surface area (Å²) in [6.07, 6.45) is 1.77. The van der Waals surface area contributed by atoms with Crippen LogP contribution in [0.1, 0.15) is 34.0 Å². The second kappa shape index (κ2) is 8.89. The number of benzene rings is 3. The molecule has 3 aromatic carbocycles. The number of rotatable bonds is 5. The van der Waals surface area contributed by atoms with Crippen LogP contribution in [0.25, 0.3) is 11.6 Å². The molecule has 3 aromatic rings. The van der Waals surface area contributed by atoms with Gasteiger partial charge in [0, 0.05) is 23.7 Å². The maximum absolute atomic E-state index is 13.4. The van der Waals surface area contributed by atoms with E-state index in [1.807, 2.05) is 30.3 Å². The first-order valence-corrected chi connectivity index (χ1v) is 10.1. The minimum absolute atomic E-state index is 0.153.